The van der Waals surface area contributed by atoms with Crippen molar-refractivity contribution < 1.29 is 31.8 Å². The molecule has 7 heteroatoms. The molecule has 0 N–H and O–H groups in total. The molecule has 0 bridgehead atoms. The van der Waals surface area contributed by atoms with Crippen LogP contribution < -0.4 is 4.74 Å². The molecule has 0 atom stereocenters. The summed E-state index contributed by atoms with van der Waals surface area (Å²) in [6.07, 6.45) is 6.69. The van der Waals surface area contributed by atoms with Gasteiger partial charge in [0.1, 0.15) is 0 Å². The zero-order valence-electron chi connectivity index (χ0n) is 22.2. The lowest BCUT2D eigenvalue weighted by Crippen LogP contribution is -2.31. The van der Waals surface area contributed by atoms with Crippen LogP contribution in [-0.4, -0.2) is 26.1 Å². The van der Waals surface area contributed by atoms with Crippen LogP contribution in [0.15, 0.2) is 61.2 Å². The third-order valence-corrected chi connectivity index (χ3v) is 6.93. The van der Waals surface area contributed by atoms with Crippen LogP contribution in [0.1, 0.15) is 56.9 Å². The zero-order valence-corrected chi connectivity index (χ0v) is 22.2. The van der Waals surface area contributed by atoms with E-state index in [0.29, 0.717) is 24.2 Å². The molecule has 0 aliphatic carbocycles. The van der Waals surface area contributed by atoms with Crippen molar-refractivity contribution in [3.63, 3.8) is 0 Å². The molecule has 208 valence electrons. The lowest BCUT2D eigenvalue weighted by molar-refractivity contribution is -0.189. The maximum atomic E-state index is 15.1. The number of ether oxygens (including phenoxy) is 3. The van der Waals surface area contributed by atoms with Crippen LogP contribution in [0.4, 0.5) is 17.6 Å². The Labute approximate surface area is 227 Å². The lowest BCUT2D eigenvalue weighted by atomic mass is 9.94. The van der Waals surface area contributed by atoms with E-state index in [1.807, 2.05) is 0 Å². The van der Waals surface area contributed by atoms with Crippen molar-refractivity contribution in [3.05, 3.63) is 90.0 Å². The first kappa shape index (κ1) is 28.8. The van der Waals surface area contributed by atoms with Gasteiger partial charge in [-0.15, -0.1) is 6.58 Å². The van der Waals surface area contributed by atoms with Crippen molar-refractivity contribution in [2.24, 2.45) is 0 Å². The zero-order chi connectivity index (χ0) is 27.8. The van der Waals surface area contributed by atoms with Gasteiger partial charge in [0.25, 0.3) is 0 Å². The summed E-state index contributed by atoms with van der Waals surface area (Å²) in [5.41, 5.74) is 1.14. The first-order chi connectivity index (χ1) is 18.9. The van der Waals surface area contributed by atoms with Crippen molar-refractivity contribution in [3.8, 4) is 28.0 Å². The van der Waals surface area contributed by atoms with Crippen molar-refractivity contribution in [2.75, 3.05) is 19.8 Å². The standard InChI is InChI=1S/C32H34F4O3/c1-3-5-7-8-18-37-27-17-16-25(31(35)32(27)36)22-12-10-21(11-13-22)24-14-15-26(30(34)29(24)33)23-19-38-28(39-20-23)9-6-4-2/h4,10-17,23,28H,2-3,5-9,18-20H2,1H3. The van der Waals surface area contributed by atoms with Crippen LogP contribution in [0.2, 0.25) is 0 Å². The Morgan fingerprint density at radius 3 is 2.03 bits per heavy atom. The molecule has 0 unspecified atom stereocenters. The number of halogens is 4. The van der Waals surface area contributed by atoms with Gasteiger partial charge in [0.05, 0.1) is 19.8 Å². The number of benzene rings is 3. The minimum Gasteiger partial charge on any atom is -0.490 e. The number of allylic oxidation sites excluding steroid dienone is 1. The van der Waals surface area contributed by atoms with E-state index in [1.54, 1.807) is 36.4 Å². The van der Waals surface area contributed by atoms with E-state index in [2.05, 4.69) is 13.5 Å². The molecule has 0 saturated carbocycles. The third kappa shape index (κ3) is 6.89. The molecule has 1 aliphatic heterocycles. The van der Waals surface area contributed by atoms with Gasteiger partial charge >= 0.3 is 0 Å². The Hall–Kier alpha value is -3.16. The molecule has 1 aliphatic rings. The molecule has 0 radical (unpaired) electrons. The van der Waals surface area contributed by atoms with Gasteiger partial charge < -0.3 is 14.2 Å². The topological polar surface area (TPSA) is 27.7 Å². The summed E-state index contributed by atoms with van der Waals surface area (Å²) in [5, 5.41) is 0. The van der Waals surface area contributed by atoms with E-state index < -0.39 is 29.2 Å². The second-order valence-corrected chi connectivity index (χ2v) is 9.72. The molecule has 0 aromatic heterocycles. The van der Waals surface area contributed by atoms with Gasteiger partial charge in [0.15, 0.2) is 29.5 Å². The van der Waals surface area contributed by atoms with Gasteiger partial charge in [-0.3, -0.25) is 0 Å². The highest BCUT2D eigenvalue weighted by Gasteiger charge is 2.27. The molecule has 39 heavy (non-hydrogen) atoms. The monoisotopic (exact) mass is 542 g/mol. The summed E-state index contributed by atoms with van der Waals surface area (Å²) >= 11 is 0. The van der Waals surface area contributed by atoms with Crippen molar-refractivity contribution >= 4 is 0 Å². The second kappa shape index (κ2) is 13.8. The maximum absolute atomic E-state index is 15.1. The summed E-state index contributed by atoms with van der Waals surface area (Å²) in [6, 6.07) is 12.1. The van der Waals surface area contributed by atoms with Gasteiger partial charge in [-0.1, -0.05) is 68.7 Å². The van der Waals surface area contributed by atoms with Crippen LogP contribution in [0, 0.1) is 23.3 Å². The summed E-state index contributed by atoms with van der Waals surface area (Å²) in [5.74, 6) is -4.53. The highest BCUT2D eigenvalue weighted by Crippen LogP contribution is 2.34. The average Bonchev–Trinajstić information content (AvgIpc) is 2.96. The first-order valence-electron chi connectivity index (χ1n) is 13.5. The summed E-state index contributed by atoms with van der Waals surface area (Å²) in [4.78, 5) is 0. The fourth-order valence-corrected chi connectivity index (χ4v) is 4.65. The molecular formula is C32H34F4O3. The van der Waals surface area contributed by atoms with Gasteiger partial charge in [-0.05, 0) is 41.7 Å². The quantitative estimate of drug-likeness (QED) is 0.130. The van der Waals surface area contributed by atoms with Gasteiger partial charge in [0, 0.05) is 23.5 Å². The minimum absolute atomic E-state index is 0.0584. The number of hydrogen-bond acceptors (Lipinski definition) is 3. The smallest absolute Gasteiger partial charge is 0.201 e. The summed E-state index contributed by atoms with van der Waals surface area (Å²) in [7, 11) is 0. The normalized spacial score (nSPS) is 17.3. The molecule has 1 saturated heterocycles. The van der Waals surface area contributed by atoms with Gasteiger partial charge in [-0.25, -0.2) is 13.2 Å². The van der Waals surface area contributed by atoms with Gasteiger partial charge in [0.2, 0.25) is 5.82 Å². The number of rotatable bonds is 12. The lowest BCUT2D eigenvalue weighted by Gasteiger charge is -2.30. The summed E-state index contributed by atoms with van der Waals surface area (Å²) < 4.78 is 76.3. The Morgan fingerprint density at radius 2 is 1.41 bits per heavy atom. The van der Waals surface area contributed by atoms with E-state index in [4.69, 9.17) is 14.2 Å². The minimum atomic E-state index is -1.04. The number of unbranched alkanes of at least 4 members (excludes halogenated alkanes) is 3. The second-order valence-electron chi connectivity index (χ2n) is 9.72. The average molecular weight is 543 g/mol. The molecule has 3 aromatic rings. The Kier molecular flexibility index (Phi) is 10.2. The molecular weight excluding hydrogens is 508 g/mol. The fraction of sp³-hybridized carbons (Fsp3) is 0.375. The Bertz CT molecular complexity index is 1250. The highest BCUT2D eigenvalue weighted by molar-refractivity contribution is 5.72. The maximum Gasteiger partial charge on any atom is 0.201 e. The van der Waals surface area contributed by atoms with E-state index in [1.165, 1.54) is 18.2 Å². The highest BCUT2D eigenvalue weighted by atomic mass is 19.2. The van der Waals surface area contributed by atoms with Crippen LogP contribution in [-0.2, 0) is 9.47 Å². The largest absolute Gasteiger partial charge is 0.490 e. The number of hydrogen-bond donors (Lipinski definition) is 0. The van der Waals surface area contributed by atoms with Gasteiger partial charge in [-0.2, -0.15) is 4.39 Å². The van der Waals surface area contributed by atoms with Crippen molar-refractivity contribution in [2.45, 2.75) is 57.7 Å². The van der Waals surface area contributed by atoms with Crippen LogP contribution >= 0.6 is 0 Å². The van der Waals surface area contributed by atoms with E-state index >= 15 is 8.78 Å². The molecule has 1 fully saturated rings. The Morgan fingerprint density at radius 1 is 0.795 bits per heavy atom. The van der Waals surface area contributed by atoms with Crippen LogP contribution in [0.25, 0.3) is 22.3 Å². The third-order valence-electron chi connectivity index (χ3n) is 6.93. The molecule has 0 spiro atoms. The molecule has 3 aromatic carbocycles. The van der Waals surface area contributed by atoms with E-state index in [0.717, 1.165) is 32.1 Å². The molecule has 0 amide bonds. The predicted octanol–water partition coefficient (Wildman–Crippen LogP) is 8.96. The van der Waals surface area contributed by atoms with Crippen LogP contribution in [0.3, 0.4) is 0 Å². The van der Waals surface area contributed by atoms with Crippen molar-refractivity contribution in [1.29, 1.82) is 0 Å². The molecule has 1 heterocycles. The Balaban J connectivity index is 1.45. The predicted molar refractivity (Wildman–Crippen MR) is 145 cm³/mol. The fourth-order valence-electron chi connectivity index (χ4n) is 4.65. The van der Waals surface area contributed by atoms with Crippen molar-refractivity contribution in [1.82, 2.24) is 0 Å². The van der Waals surface area contributed by atoms with E-state index in [-0.39, 0.29) is 41.9 Å². The van der Waals surface area contributed by atoms with Crippen LogP contribution in [0.5, 0.6) is 5.75 Å². The molecule has 4 rings (SSSR count). The SMILES string of the molecule is C=CCCC1OCC(c2ccc(-c3ccc(-c4ccc(OCCCCCC)c(F)c4F)cc3)c(F)c2F)CO1. The van der Waals surface area contributed by atoms with E-state index in [9.17, 15) is 8.78 Å². The first-order valence-corrected chi connectivity index (χ1v) is 13.5. The molecule has 3 nitrogen and oxygen atoms in total. The summed E-state index contributed by atoms with van der Waals surface area (Å²) in [6.45, 7) is 6.55.